The van der Waals surface area contributed by atoms with E-state index < -0.39 is 0 Å². The molecule has 2 rings (SSSR count). The molecule has 0 saturated heterocycles. The molecule has 1 aromatic carbocycles. The zero-order valence-corrected chi connectivity index (χ0v) is 13.3. The Balaban J connectivity index is 1.71. The van der Waals surface area contributed by atoms with E-state index in [9.17, 15) is 4.79 Å². The number of nitrogens with zero attached hydrogens (tertiary/aromatic N) is 1. The highest BCUT2D eigenvalue weighted by Gasteiger charge is 2.14. The number of aromatic amines is 1. The van der Waals surface area contributed by atoms with Crippen LogP contribution in [0.15, 0.2) is 36.8 Å². The lowest BCUT2D eigenvalue weighted by atomic mass is 10.3. The van der Waals surface area contributed by atoms with Crippen LogP contribution in [0.1, 0.15) is 16.2 Å². The molecule has 0 spiro atoms. The van der Waals surface area contributed by atoms with Gasteiger partial charge in [-0.05, 0) is 46.9 Å². The summed E-state index contributed by atoms with van der Waals surface area (Å²) in [5.41, 5.74) is 0.748. The maximum absolute atomic E-state index is 11.6. The maximum Gasteiger partial charge on any atom is 0.310 e. The molecule has 0 amide bonds. The number of carbonyl (C=O) groups is 1. The molecule has 1 atom stereocenters. The van der Waals surface area contributed by atoms with Crippen LogP contribution >= 0.6 is 34.2 Å². The summed E-state index contributed by atoms with van der Waals surface area (Å²) in [5, 5.41) is 0.643. The molecule has 0 saturated carbocycles. The van der Waals surface area contributed by atoms with Gasteiger partial charge in [0.2, 0.25) is 0 Å². The number of imidazole rings is 1. The van der Waals surface area contributed by atoms with E-state index >= 15 is 0 Å². The Hall–Kier alpha value is -1.28. The number of ether oxygens (including phenoxy) is 2. The number of carbonyl (C=O) groups excluding carboxylic acids is 1. The van der Waals surface area contributed by atoms with Gasteiger partial charge in [0.25, 0.3) is 0 Å². The van der Waals surface area contributed by atoms with E-state index in [4.69, 9.17) is 21.1 Å². The Morgan fingerprint density at radius 2 is 2.15 bits per heavy atom. The first-order valence-electron chi connectivity index (χ1n) is 5.85. The predicted octanol–water partition coefficient (Wildman–Crippen LogP) is 3.51. The molecular weight excluding hydrogens is 395 g/mol. The SMILES string of the molecule is O=C(CCOc1ccc(Cl)cc1)OC(I)c1cnc[nH]1. The van der Waals surface area contributed by atoms with E-state index in [-0.39, 0.29) is 23.1 Å². The number of rotatable bonds is 6. The Morgan fingerprint density at radius 1 is 1.40 bits per heavy atom. The summed E-state index contributed by atoms with van der Waals surface area (Å²) in [4.78, 5) is 18.4. The fraction of sp³-hybridized carbons (Fsp3) is 0.231. The summed E-state index contributed by atoms with van der Waals surface area (Å²) in [6.07, 6.45) is 3.34. The van der Waals surface area contributed by atoms with Crippen molar-refractivity contribution in [3.8, 4) is 5.75 Å². The molecule has 0 bridgehead atoms. The predicted molar refractivity (Wildman–Crippen MR) is 83.0 cm³/mol. The van der Waals surface area contributed by atoms with Gasteiger partial charge >= 0.3 is 5.97 Å². The molecular formula is C13H12ClIN2O3. The van der Waals surface area contributed by atoms with E-state index in [1.54, 1.807) is 36.8 Å². The van der Waals surface area contributed by atoms with Crippen LogP contribution in [0, 0.1) is 0 Å². The molecule has 2 aromatic rings. The molecule has 1 heterocycles. The lowest BCUT2D eigenvalue weighted by Gasteiger charge is -2.10. The van der Waals surface area contributed by atoms with E-state index in [0.29, 0.717) is 10.8 Å². The number of halogens is 2. The van der Waals surface area contributed by atoms with Gasteiger partial charge in [0.05, 0.1) is 31.2 Å². The van der Waals surface area contributed by atoms with Gasteiger partial charge in [0.1, 0.15) is 5.75 Å². The summed E-state index contributed by atoms with van der Waals surface area (Å²) in [6.45, 7) is 0.257. The Kier molecular flexibility index (Phi) is 5.66. The molecule has 0 aliphatic heterocycles. The van der Waals surface area contributed by atoms with Crippen LogP contribution in [0.3, 0.4) is 0 Å². The van der Waals surface area contributed by atoms with Gasteiger partial charge in [0.15, 0.2) is 4.11 Å². The van der Waals surface area contributed by atoms with Crippen molar-refractivity contribution in [1.82, 2.24) is 9.97 Å². The first kappa shape index (κ1) is 15.1. The third kappa shape index (κ3) is 4.68. The van der Waals surface area contributed by atoms with Crippen molar-refractivity contribution in [2.75, 3.05) is 6.61 Å². The Morgan fingerprint density at radius 3 is 2.80 bits per heavy atom. The van der Waals surface area contributed by atoms with Crippen LogP contribution in [-0.4, -0.2) is 22.5 Å². The minimum absolute atomic E-state index is 0.177. The molecule has 7 heteroatoms. The highest BCUT2D eigenvalue weighted by atomic mass is 127. The number of alkyl halides is 1. The number of hydrogen-bond donors (Lipinski definition) is 1. The van der Waals surface area contributed by atoms with Crippen molar-refractivity contribution in [2.45, 2.75) is 10.5 Å². The Labute approximate surface area is 134 Å². The molecule has 0 aliphatic carbocycles. The summed E-state index contributed by atoms with van der Waals surface area (Å²) < 4.78 is 10.3. The minimum atomic E-state index is -0.377. The first-order valence-corrected chi connectivity index (χ1v) is 7.47. The van der Waals surface area contributed by atoms with Crippen LogP contribution in [0.2, 0.25) is 5.02 Å². The van der Waals surface area contributed by atoms with Crippen molar-refractivity contribution in [2.24, 2.45) is 0 Å². The molecule has 106 valence electrons. The van der Waals surface area contributed by atoms with Gasteiger partial charge in [0, 0.05) is 5.02 Å². The number of hydrogen-bond acceptors (Lipinski definition) is 4. The quantitative estimate of drug-likeness (QED) is 0.453. The fourth-order valence-electron chi connectivity index (χ4n) is 1.41. The van der Waals surface area contributed by atoms with Crippen LogP contribution in [0.4, 0.5) is 0 Å². The second-order valence-electron chi connectivity index (χ2n) is 3.87. The van der Waals surface area contributed by atoms with Gasteiger partial charge in [-0.25, -0.2) is 4.98 Å². The highest BCUT2D eigenvalue weighted by molar-refractivity contribution is 14.1. The monoisotopic (exact) mass is 406 g/mol. The van der Waals surface area contributed by atoms with Crippen LogP contribution in [-0.2, 0) is 9.53 Å². The molecule has 0 radical (unpaired) electrons. The third-order valence-corrected chi connectivity index (χ3v) is 3.56. The van der Waals surface area contributed by atoms with E-state index in [1.165, 1.54) is 0 Å². The smallest absolute Gasteiger partial charge is 0.310 e. The van der Waals surface area contributed by atoms with E-state index in [2.05, 4.69) is 9.97 Å². The van der Waals surface area contributed by atoms with Gasteiger partial charge in [-0.3, -0.25) is 4.79 Å². The highest BCUT2D eigenvalue weighted by Crippen LogP contribution is 2.22. The van der Waals surface area contributed by atoms with Crippen molar-refractivity contribution < 1.29 is 14.3 Å². The molecule has 1 unspecified atom stereocenters. The number of H-pyrrole nitrogens is 1. The molecule has 0 aliphatic rings. The summed E-state index contributed by atoms with van der Waals surface area (Å²) in [7, 11) is 0. The standard InChI is InChI=1S/C13H12ClIN2O3/c14-9-1-3-10(4-2-9)19-6-5-12(18)20-13(15)11-7-16-8-17-11/h1-4,7-8,13H,5-6H2,(H,16,17). The van der Waals surface area contributed by atoms with Gasteiger partial charge in [-0.2, -0.15) is 0 Å². The summed E-state index contributed by atoms with van der Waals surface area (Å²) in [6, 6.07) is 6.96. The van der Waals surface area contributed by atoms with Crippen molar-refractivity contribution in [1.29, 1.82) is 0 Å². The Bertz CT molecular complexity index is 545. The zero-order chi connectivity index (χ0) is 14.4. The van der Waals surface area contributed by atoms with Crippen LogP contribution in [0.25, 0.3) is 0 Å². The maximum atomic E-state index is 11.6. The summed E-state index contributed by atoms with van der Waals surface area (Å²) >= 11 is 7.78. The molecule has 0 fully saturated rings. The van der Waals surface area contributed by atoms with Crippen molar-refractivity contribution >= 4 is 40.2 Å². The topological polar surface area (TPSA) is 64.2 Å². The molecule has 1 N–H and O–H groups in total. The van der Waals surface area contributed by atoms with Gasteiger partial charge in [-0.15, -0.1) is 0 Å². The molecule has 20 heavy (non-hydrogen) atoms. The average molecular weight is 407 g/mol. The largest absolute Gasteiger partial charge is 0.493 e. The number of esters is 1. The fourth-order valence-corrected chi connectivity index (χ4v) is 2.16. The number of aromatic nitrogens is 2. The first-order chi connectivity index (χ1) is 9.65. The molecule has 1 aromatic heterocycles. The molecule has 5 nitrogen and oxygen atoms in total. The third-order valence-electron chi connectivity index (χ3n) is 2.39. The lowest BCUT2D eigenvalue weighted by molar-refractivity contribution is -0.145. The number of benzene rings is 1. The normalized spacial score (nSPS) is 11.9. The number of nitrogens with one attached hydrogen (secondary N) is 1. The van der Waals surface area contributed by atoms with Gasteiger partial charge < -0.3 is 14.5 Å². The van der Waals surface area contributed by atoms with Crippen LogP contribution in [0.5, 0.6) is 5.75 Å². The zero-order valence-electron chi connectivity index (χ0n) is 10.4. The van der Waals surface area contributed by atoms with E-state index in [0.717, 1.165) is 5.69 Å². The second kappa shape index (κ2) is 7.49. The van der Waals surface area contributed by atoms with Gasteiger partial charge in [-0.1, -0.05) is 11.6 Å². The second-order valence-corrected chi connectivity index (χ2v) is 5.43. The lowest BCUT2D eigenvalue weighted by Crippen LogP contribution is -2.11. The summed E-state index contributed by atoms with van der Waals surface area (Å²) in [5.74, 6) is 0.342. The van der Waals surface area contributed by atoms with Crippen molar-refractivity contribution in [3.05, 3.63) is 47.5 Å². The average Bonchev–Trinajstić information content (AvgIpc) is 2.95. The minimum Gasteiger partial charge on any atom is -0.493 e. The van der Waals surface area contributed by atoms with Crippen molar-refractivity contribution in [3.63, 3.8) is 0 Å². The van der Waals surface area contributed by atoms with Crippen LogP contribution < -0.4 is 4.74 Å². The van der Waals surface area contributed by atoms with E-state index in [1.807, 2.05) is 22.6 Å².